The molecule has 1 saturated carbocycles. The Morgan fingerprint density at radius 1 is 1.32 bits per heavy atom. The molecule has 0 radical (unpaired) electrons. The lowest BCUT2D eigenvalue weighted by Gasteiger charge is -2.30. The minimum Gasteiger partial charge on any atom is -0.356 e. The van der Waals surface area contributed by atoms with Crippen molar-refractivity contribution in [2.45, 2.75) is 38.8 Å². The standard InChI is InChI=1S/C12H21F3N2O.ClH/c1-8(6-16)11(18)17-7-9-2-4-10(5-3-9)12(13,14)15;/h8-10H,2-7,16H2,1H3,(H,17,18);1H. The van der Waals surface area contributed by atoms with Crippen LogP contribution in [0.2, 0.25) is 0 Å². The number of amides is 1. The van der Waals surface area contributed by atoms with Crippen LogP contribution in [0.3, 0.4) is 0 Å². The molecule has 3 nitrogen and oxygen atoms in total. The van der Waals surface area contributed by atoms with Gasteiger partial charge in [0.05, 0.1) is 5.92 Å². The van der Waals surface area contributed by atoms with E-state index in [2.05, 4.69) is 5.32 Å². The van der Waals surface area contributed by atoms with Gasteiger partial charge < -0.3 is 11.1 Å². The highest BCUT2D eigenvalue weighted by Crippen LogP contribution is 2.39. The molecule has 0 saturated heterocycles. The Kier molecular flexibility index (Phi) is 7.74. The number of rotatable bonds is 4. The van der Waals surface area contributed by atoms with Crippen LogP contribution in [0.15, 0.2) is 0 Å². The summed E-state index contributed by atoms with van der Waals surface area (Å²) in [6.45, 7) is 2.48. The summed E-state index contributed by atoms with van der Waals surface area (Å²) < 4.78 is 37.4. The number of halogens is 4. The average Bonchev–Trinajstić information content (AvgIpc) is 2.34. The van der Waals surface area contributed by atoms with Crippen molar-refractivity contribution >= 4 is 18.3 Å². The molecule has 0 heterocycles. The van der Waals surface area contributed by atoms with Crippen molar-refractivity contribution in [3.05, 3.63) is 0 Å². The van der Waals surface area contributed by atoms with E-state index in [-0.39, 0.29) is 49.5 Å². The van der Waals surface area contributed by atoms with E-state index >= 15 is 0 Å². The fraction of sp³-hybridized carbons (Fsp3) is 0.917. The highest BCUT2D eigenvalue weighted by molar-refractivity contribution is 5.85. The maximum absolute atomic E-state index is 12.5. The van der Waals surface area contributed by atoms with Crippen LogP contribution in [0.1, 0.15) is 32.6 Å². The molecule has 19 heavy (non-hydrogen) atoms. The lowest BCUT2D eigenvalue weighted by Crippen LogP contribution is -2.38. The highest BCUT2D eigenvalue weighted by atomic mass is 35.5. The Balaban J connectivity index is 0.00000324. The molecule has 1 atom stereocenters. The van der Waals surface area contributed by atoms with Crippen molar-refractivity contribution < 1.29 is 18.0 Å². The average molecular weight is 303 g/mol. The highest BCUT2D eigenvalue weighted by Gasteiger charge is 2.41. The van der Waals surface area contributed by atoms with Crippen LogP contribution in [-0.4, -0.2) is 25.2 Å². The molecule has 1 aliphatic rings. The second-order valence-electron chi connectivity index (χ2n) is 5.14. The maximum Gasteiger partial charge on any atom is 0.391 e. The molecule has 1 aliphatic carbocycles. The molecule has 1 unspecified atom stereocenters. The van der Waals surface area contributed by atoms with E-state index in [9.17, 15) is 18.0 Å². The molecule has 0 bridgehead atoms. The fourth-order valence-corrected chi connectivity index (χ4v) is 2.22. The van der Waals surface area contributed by atoms with Gasteiger partial charge in [-0.2, -0.15) is 13.2 Å². The summed E-state index contributed by atoms with van der Waals surface area (Å²) in [6, 6.07) is 0. The first-order chi connectivity index (χ1) is 8.34. The third kappa shape index (κ3) is 5.99. The van der Waals surface area contributed by atoms with Crippen LogP contribution in [0.25, 0.3) is 0 Å². The number of hydrogen-bond acceptors (Lipinski definition) is 2. The molecule has 0 aromatic heterocycles. The Morgan fingerprint density at radius 2 is 1.84 bits per heavy atom. The summed E-state index contributed by atoms with van der Waals surface area (Å²) in [4.78, 5) is 11.5. The Hall–Kier alpha value is -0.490. The van der Waals surface area contributed by atoms with E-state index in [1.54, 1.807) is 6.92 Å². The smallest absolute Gasteiger partial charge is 0.356 e. The number of carbonyl (C=O) groups is 1. The number of carbonyl (C=O) groups excluding carboxylic acids is 1. The van der Waals surface area contributed by atoms with Crippen molar-refractivity contribution in [1.29, 1.82) is 0 Å². The molecule has 0 aromatic carbocycles. The molecule has 7 heteroatoms. The van der Waals surface area contributed by atoms with E-state index in [1.807, 2.05) is 0 Å². The minimum absolute atomic E-state index is 0. The van der Waals surface area contributed by atoms with Crippen LogP contribution < -0.4 is 11.1 Å². The van der Waals surface area contributed by atoms with Gasteiger partial charge in [-0.25, -0.2) is 0 Å². The first-order valence-electron chi connectivity index (χ1n) is 6.39. The van der Waals surface area contributed by atoms with Crippen LogP contribution in [0, 0.1) is 17.8 Å². The first-order valence-corrected chi connectivity index (χ1v) is 6.39. The van der Waals surface area contributed by atoms with Gasteiger partial charge >= 0.3 is 6.18 Å². The largest absolute Gasteiger partial charge is 0.391 e. The zero-order chi connectivity index (χ0) is 13.8. The van der Waals surface area contributed by atoms with E-state index in [0.717, 1.165) is 0 Å². The topological polar surface area (TPSA) is 55.1 Å². The van der Waals surface area contributed by atoms with Gasteiger partial charge in [-0.3, -0.25) is 4.79 Å². The SMILES string of the molecule is CC(CN)C(=O)NCC1CCC(C(F)(F)F)CC1.Cl. The van der Waals surface area contributed by atoms with Gasteiger partial charge in [-0.15, -0.1) is 12.4 Å². The van der Waals surface area contributed by atoms with E-state index in [0.29, 0.717) is 19.4 Å². The summed E-state index contributed by atoms with van der Waals surface area (Å²) in [5.41, 5.74) is 5.36. The van der Waals surface area contributed by atoms with E-state index < -0.39 is 12.1 Å². The lowest BCUT2D eigenvalue weighted by atomic mass is 9.81. The van der Waals surface area contributed by atoms with E-state index in [1.165, 1.54) is 0 Å². The number of hydrogen-bond donors (Lipinski definition) is 2. The quantitative estimate of drug-likeness (QED) is 0.838. The van der Waals surface area contributed by atoms with Gasteiger partial charge in [0, 0.05) is 19.0 Å². The predicted molar refractivity (Wildman–Crippen MR) is 70.0 cm³/mol. The molecule has 0 aromatic rings. The van der Waals surface area contributed by atoms with Crippen molar-refractivity contribution in [2.75, 3.05) is 13.1 Å². The predicted octanol–water partition coefficient (Wildman–Crippen LogP) is 2.49. The van der Waals surface area contributed by atoms with Gasteiger partial charge in [0.25, 0.3) is 0 Å². The van der Waals surface area contributed by atoms with Crippen LogP contribution in [0.5, 0.6) is 0 Å². The maximum atomic E-state index is 12.5. The molecule has 1 fully saturated rings. The van der Waals surface area contributed by atoms with Gasteiger partial charge in [-0.1, -0.05) is 6.92 Å². The summed E-state index contributed by atoms with van der Waals surface area (Å²) in [5, 5.41) is 2.76. The van der Waals surface area contributed by atoms with Crippen molar-refractivity contribution in [2.24, 2.45) is 23.5 Å². The first kappa shape index (κ1) is 18.5. The Bertz CT molecular complexity index is 279. The minimum atomic E-state index is -4.07. The Morgan fingerprint density at radius 3 is 2.26 bits per heavy atom. The van der Waals surface area contributed by atoms with Crippen molar-refractivity contribution in [3.8, 4) is 0 Å². The number of alkyl halides is 3. The molecule has 0 spiro atoms. The zero-order valence-electron chi connectivity index (χ0n) is 11.0. The van der Waals surface area contributed by atoms with Gasteiger partial charge in [0.15, 0.2) is 0 Å². The van der Waals surface area contributed by atoms with E-state index in [4.69, 9.17) is 5.73 Å². The molecule has 1 rings (SSSR count). The van der Waals surface area contributed by atoms with Gasteiger partial charge in [0.1, 0.15) is 0 Å². The second-order valence-corrected chi connectivity index (χ2v) is 5.14. The van der Waals surface area contributed by atoms with Crippen molar-refractivity contribution in [1.82, 2.24) is 5.32 Å². The Labute approximate surface area is 117 Å². The third-order valence-corrected chi connectivity index (χ3v) is 3.68. The lowest BCUT2D eigenvalue weighted by molar-refractivity contribution is -0.183. The van der Waals surface area contributed by atoms with Gasteiger partial charge in [0.2, 0.25) is 5.91 Å². The normalized spacial score (nSPS) is 25.3. The van der Waals surface area contributed by atoms with Crippen LogP contribution in [0.4, 0.5) is 13.2 Å². The van der Waals surface area contributed by atoms with Crippen molar-refractivity contribution in [3.63, 3.8) is 0 Å². The van der Waals surface area contributed by atoms with Crippen LogP contribution >= 0.6 is 12.4 Å². The third-order valence-electron chi connectivity index (χ3n) is 3.68. The number of nitrogens with one attached hydrogen (secondary N) is 1. The summed E-state index contributed by atoms with van der Waals surface area (Å²) >= 11 is 0. The molecular weight excluding hydrogens is 281 g/mol. The summed E-state index contributed by atoms with van der Waals surface area (Å²) in [6.07, 6.45) is -2.65. The molecular formula is C12H22ClF3N2O. The molecule has 1 amide bonds. The molecule has 114 valence electrons. The van der Waals surface area contributed by atoms with Crippen LogP contribution in [-0.2, 0) is 4.79 Å². The summed E-state index contributed by atoms with van der Waals surface area (Å²) in [5.74, 6) is -1.35. The zero-order valence-corrected chi connectivity index (χ0v) is 11.8. The van der Waals surface area contributed by atoms with Gasteiger partial charge in [-0.05, 0) is 31.6 Å². The monoisotopic (exact) mass is 302 g/mol. The fourth-order valence-electron chi connectivity index (χ4n) is 2.22. The second kappa shape index (κ2) is 7.94. The summed E-state index contributed by atoms with van der Waals surface area (Å²) in [7, 11) is 0. The molecule has 3 N–H and O–H groups in total. The molecule has 0 aliphatic heterocycles. The number of nitrogens with two attached hydrogens (primary N) is 1.